The summed E-state index contributed by atoms with van der Waals surface area (Å²) < 4.78 is 31.8. The highest BCUT2D eigenvalue weighted by molar-refractivity contribution is 7.10. The molecule has 4 aromatic heterocycles. The number of thiophene rings is 1. The minimum atomic E-state index is -0.435. The first-order chi connectivity index (χ1) is 16.1. The Bertz CT molecular complexity index is 1470. The van der Waals surface area contributed by atoms with Crippen molar-refractivity contribution in [2.45, 2.75) is 25.8 Å². The summed E-state index contributed by atoms with van der Waals surface area (Å²) in [4.78, 5) is 8.14. The van der Waals surface area contributed by atoms with Crippen LogP contribution in [0.4, 0.5) is 14.6 Å². The number of aromatic nitrogens is 5. The molecule has 6 rings (SSSR count). The molecule has 0 saturated carbocycles. The summed E-state index contributed by atoms with van der Waals surface area (Å²) in [6, 6.07) is 7.37. The maximum Gasteiger partial charge on any atom is 0.183 e. The van der Waals surface area contributed by atoms with E-state index in [1.807, 2.05) is 29.6 Å². The number of anilines is 1. The first kappa shape index (κ1) is 20.0. The van der Waals surface area contributed by atoms with Crippen molar-refractivity contribution in [3.8, 4) is 16.8 Å². The Kier molecular flexibility index (Phi) is 4.72. The van der Waals surface area contributed by atoms with Crippen LogP contribution in [0.2, 0.25) is 0 Å². The maximum absolute atomic E-state index is 14.5. The SMILES string of the molecule is Cc1cc(-c2cnn(-c3cnn4ccc(N5CCCC5c5cc(F)ccc5F)nc34)c2)cs1. The van der Waals surface area contributed by atoms with Gasteiger partial charge in [0.1, 0.15) is 23.1 Å². The highest BCUT2D eigenvalue weighted by Gasteiger charge is 2.30. The number of fused-ring (bicyclic) bond motifs is 1. The molecule has 166 valence electrons. The lowest BCUT2D eigenvalue weighted by molar-refractivity contribution is 0.560. The van der Waals surface area contributed by atoms with Gasteiger partial charge in [0.2, 0.25) is 0 Å². The third-order valence-electron chi connectivity index (χ3n) is 6.09. The molecule has 5 heterocycles. The van der Waals surface area contributed by atoms with Crippen LogP contribution in [0.15, 0.2) is 60.5 Å². The molecule has 1 fully saturated rings. The Morgan fingerprint density at radius 2 is 1.97 bits per heavy atom. The topological polar surface area (TPSA) is 51.3 Å². The van der Waals surface area contributed by atoms with Crippen molar-refractivity contribution >= 4 is 22.8 Å². The molecule has 9 heteroatoms. The van der Waals surface area contributed by atoms with Crippen LogP contribution in [0.5, 0.6) is 0 Å². The zero-order chi connectivity index (χ0) is 22.5. The summed E-state index contributed by atoms with van der Waals surface area (Å²) in [5.41, 5.74) is 3.92. The Morgan fingerprint density at radius 3 is 2.82 bits per heavy atom. The van der Waals surface area contributed by atoms with Crippen molar-refractivity contribution in [2.75, 3.05) is 11.4 Å². The molecule has 5 aromatic rings. The zero-order valence-electron chi connectivity index (χ0n) is 17.8. The minimum Gasteiger partial charge on any atom is -0.349 e. The van der Waals surface area contributed by atoms with E-state index in [0.717, 1.165) is 42.3 Å². The normalized spacial score (nSPS) is 16.2. The van der Waals surface area contributed by atoms with E-state index in [1.165, 1.54) is 17.0 Å². The fraction of sp³-hybridized carbons (Fsp3) is 0.208. The highest BCUT2D eigenvalue weighted by Crippen LogP contribution is 2.37. The van der Waals surface area contributed by atoms with Crippen molar-refractivity contribution in [1.29, 1.82) is 0 Å². The molecule has 1 saturated heterocycles. The number of rotatable bonds is 4. The molecule has 0 radical (unpaired) electrons. The summed E-state index contributed by atoms with van der Waals surface area (Å²) in [6.07, 6.45) is 8.98. The molecule has 0 aliphatic carbocycles. The average Bonchev–Trinajstić information content (AvgIpc) is 3.60. The fourth-order valence-corrected chi connectivity index (χ4v) is 5.21. The molecule has 33 heavy (non-hydrogen) atoms. The zero-order valence-corrected chi connectivity index (χ0v) is 18.6. The van der Waals surface area contributed by atoms with Crippen LogP contribution < -0.4 is 4.90 Å². The number of hydrogen-bond donors (Lipinski definition) is 0. The molecule has 1 atom stereocenters. The van der Waals surface area contributed by atoms with Crippen molar-refractivity contribution in [3.63, 3.8) is 0 Å². The van der Waals surface area contributed by atoms with E-state index < -0.39 is 11.6 Å². The van der Waals surface area contributed by atoms with Gasteiger partial charge in [0.25, 0.3) is 0 Å². The molecule has 1 unspecified atom stereocenters. The number of nitrogens with zero attached hydrogens (tertiary/aromatic N) is 6. The van der Waals surface area contributed by atoms with Gasteiger partial charge in [-0.2, -0.15) is 10.2 Å². The van der Waals surface area contributed by atoms with Crippen LogP contribution in [0.3, 0.4) is 0 Å². The summed E-state index contributed by atoms with van der Waals surface area (Å²) in [5, 5.41) is 11.1. The van der Waals surface area contributed by atoms with Crippen molar-refractivity contribution in [2.24, 2.45) is 0 Å². The van der Waals surface area contributed by atoms with E-state index in [4.69, 9.17) is 4.98 Å². The van der Waals surface area contributed by atoms with Crippen molar-refractivity contribution < 1.29 is 8.78 Å². The summed E-state index contributed by atoms with van der Waals surface area (Å²) in [5.74, 6) is -0.126. The molecule has 1 aromatic carbocycles. The molecular weight excluding hydrogens is 442 g/mol. The third-order valence-corrected chi connectivity index (χ3v) is 6.95. The largest absolute Gasteiger partial charge is 0.349 e. The third kappa shape index (κ3) is 3.48. The molecule has 0 bridgehead atoms. The lowest BCUT2D eigenvalue weighted by Gasteiger charge is -2.26. The smallest absolute Gasteiger partial charge is 0.183 e. The average molecular weight is 463 g/mol. The number of hydrogen-bond acceptors (Lipinski definition) is 5. The van der Waals surface area contributed by atoms with Crippen LogP contribution in [-0.2, 0) is 0 Å². The molecule has 1 aliphatic heterocycles. The molecule has 0 N–H and O–H groups in total. The van der Waals surface area contributed by atoms with Crippen LogP contribution in [0.1, 0.15) is 29.3 Å². The second-order valence-electron chi connectivity index (χ2n) is 8.22. The second kappa shape index (κ2) is 7.77. The van der Waals surface area contributed by atoms with E-state index in [0.29, 0.717) is 17.0 Å². The van der Waals surface area contributed by atoms with Crippen molar-refractivity contribution in [1.82, 2.24) is 24.4 Å². The quantitative estimate of drug-likeness (QED) is 0.350. The Hall–Kier alpha value is -3.59. The number of benzene rings is 1. The van der Waals surface area contributed by atoms with Gasteiger partial charge in [0, 0.05) is 34.9 Å². The van der Waals surface area contributed by atoms with Gasteiger partial charge in [-0.3, -0.25) is 0 Å². The minimum absolute atomic E-state index is 0.264. The summed E-state index contributed by atoms with van der Waals surface area (Å²) >= 11 is 1.70. The van der Waals surface area contributed by atoms with Crippen LogP contribution in [0.25, 0.3) is 22.5 Å². The van der Waals surface area contributed by atoms with Gasteiger partial charge in [-0.25, -0.2) is 23.0 Å². The monoisotopic (exact) mass is 462 g/mol. The standard InChI is InChI=1S/C24H20F2N6S/c1-15-9-16(14-33-15)17-11-27-32(13-17)22-12-28-31-8-6-23(29-24(22)31)30-7-2-3-21(30)19-10-18(25)4-5-20(19)26/h4-6,8-14,21H,2-3,7H2,1H3. The van der Waals surface area contributed by atoms with Gasteiger partial charge >= 0.3 is 0 Å². The predicted molar refractivity (Wildman–Crippen MR) is 124 cm³/mol. The van der Waals surface area contributed by atoms with Crippen LogP contribution >= 0.6 is 11.3 Å². The van der Waals surface area contributed by atoms with Crippen LogP contribution in [0, 0.1) is 18.6 Å². The molecule has 0 spiro atoms. The van der Waals surface area contributed by atoms with E-state index in [2.05, 4.69) is 28.6 Å². The lowest BCUT2D eigenvalue weighted by Crippen LogP contribution is -2.24. The van der Waals surface area contributed by atoms with Gasteiger partial charge < -0.3 is 4.90 Å². The van der Waals surface area contributed by atoms with E-state index >= 15 is 0 Å². The van der Waals surface area contributed by atoms with E-state index in [1.54, 1.807) is 26.7 Å². The van der Waals surface area contributed by atoms with Crippen LogP contribution in [-0.4, -0.2) is 30.9 Å². The van der Waals surface area contributed by atoms with Gasteiger partial charge in [0.15, 0.2) is 5.65 Å². The molecule has 1 aliphatic rings. The van der Waals surface area contributed by atoms with E-state index in [9.17, 15) is 8.78 Å². The fourth-order valence-electron chi connectivity index (χ4n) is 4.50. The number of aryl methyl sites for hydroxylation is 1. The maximum atomic E-state index is 14.5. The van der Waals surface area contributed by atoms with Gasteiger partial charge in [0.05, 0.1) is 18.4 Å². The summed E-state index contributed by atoms with van der Waals surface area (Å²) in [7, 11) is 0. The summed E-state index contributed by atoms with van der Waals surface area (Å²) in [6.45, 7) is 2.80. The van der Waals surface area contributed by atoms with Gasteiger partial charge in [-0.05, 0) is 61.0 Å². The Labute approximate surface area is 192 Å². The first-order valence-electron chi connectivity index (χ1n) is 10.7. The van der Waals surface area contributed by atoms with Crippen molar-refractivity contribution in [3.05, 3.63) is 82.6 Å². The predicted octanol–water partition coefficient (Wildman–Crippen LogP) is 5.57. The second-order valence-corrected chi connectivity index (χ2v) is 9.34. The lowest BCUT2D eigenvalue weighted by atomic mass is 10.0. The number of halogens is 2. The molecule has 6 nitrogen and oxygen atoms in total. The molecular formula is C24H20F2N6S. The Morgan fingerprint density at radius 1 is 1.06 bits per heavy atom. The highest BCUT2D eigenvalue weighted by atomic mass is 32.1. The van der Waals surface area contributed by atoms with Gasteiger partial charge in [-0.15, -0.1) is 11.3 Å². The van der Waals surface area contributed by atoms with E-state index in [-0.39, 0.29) is 6.04 Å². The first-order valence-corrected chi connectivity index (χ1v) is 11.6. The Balaban J connectivity index is 1.38. The molecule has 0 amide bonds. The van der Waals surface area contributed by atoms with Gasteiger partial charge in [-0.1, -0.05) is 0 Å².